The Bertz CT molecular complexity index is 839. The molecule has 130 valence electrons. The number of methoxy groups -OCH3 is 1. The molecule has 2 heterocycles. The molecular weight excluding hydrogens is 340 g/mol. The van der Waals surface area contributed by atoms with E-state index < -0.39 is 0 Å². The Morgan fingerprint density at radius 2 is 2.24 bits per heavy atom. The molecule has 1 N–H and O–H groups in total. The zero-order valence-corrected chi connectivity index (χ0v) is 14.7. The van der Waals surface area contributed by atoms with E-state index in [1.807, 2.05) is 12.1 Å². The zero-order chi connectivity index (χ0) is 17.4. The van der Waals surface area contributed by atoms with E-state index in [4.69, 9.17) is 21.1 Å². The predicted octanol–water partition coefficient (Wildman–Crippen LogP) is 3.60. The van der Waals surface area contributed by atoms with Crippen LogP contribution in [0.15, 0.2) is 30.3 Å². The van der Waals surface area contributed by atoms with Gasteiger partial charge in [-0.3, -0.25) is 0 Å². The maximum absolute atomic E-state index is 11.8. The Morgan fingerprint density at radius 1 is 1.36 bits per heavy atom. The largest absolute Gasteiger partial charge is 0.490 e. The second kappa shape index (κ2) is 6.23. The number of carbonyl (C=O) groups excluding carboxylic acids is 1. The van der Waals surface area contributed by atoms with E-state index in [1.54, 1.807) is 12.1 Å². The number of nitrogens with zero attached hydrogens (tertiary/aromatic N) is 1. The van der Waals surface area contributed by atoms with Crippen molar-refractivity contribution in [1.29, 1.82) is 0 Å². The van der Waals surface area contributed by atoms with Crippen molar-refractivity contribution in [3.8, 4) is 5.75 Å². The molecule has 0 bridgehead atoms. The summed E-state index contributed by atoms with van der Waals surface area (Å²) in [6.07, 6.45) is 3.01. The van der Waals surface area contributed by atoms with Crippen molar-refractivity contribution in [2.45, 2.75) is 24.7 Å². The standard InChI is InChI=1S/C19H19ClN2O3/c1-24-18(23)12-4-6-16-15(9-12)21-10-19(11-25-16)8-2-3-14-13(19)5-7-17(20)22-14/h4-7,9,21H,2-3,8,10-11H2,1H3/t19-/m0/s1. The summed E-state index contributed by atoms with van der Waals surface area (Å²) in [5.74, 6) is 0.393. The average Bonchev–Trinajstić information content (AvgIpc) is 2.81. The third-order valence-electron chi connectivity index (χ3n) is 5.10. The molecule has 1 aliphatic carbocycles. The SMILES string of the molecule is COC(=O)c1ccc2c(c1)NC[C@@]1(CCCc3nc(Cl)ccc31)CO2. The molecule has 5 nitrogen and oxygen atoms in total. The lowest BCUT2D eigenvalue weighted by Crippen LogP contribution is -2.42. The van der Waals surface area contributed by atoms with Crippen LogP contribution < -0.4 is 10.1 Å². The number of pyridine rings is 1. The first-order chi connectivity index (χ1) is 12.1. The molecule has 6 heteroatoms. The van der Waals surface area contributed by atoms with Crippen LogP contribution in [-0.2, 0) is 16.6 Å². The minimum atomic E-state index is -0.356. The number of aryl methyl sites for hydroxylation is 1. The number of nitrogens with one attached hydrogen (secondary N) is 1. The van der Waals surface area contributed by atoms with Crippen LogP contribution >= 0.6 is 11.6 Å². The van der Waals surface area contributed by atoms with E-state index in [1.165, 1.54) is 12.7 Å². The fourth-order valence-electron chi connectivity index (χ4n) is 3.78. The monoisotopic (exact) mass is 358 g/mol. The van der Waals surface area contributed by atoms with Gasteiger partial charge in [0.2, 0.25) is 0 Å². The Hall–Kier alpha value is -2.27. The molecule has 1 aliphatic heterocycles. The molecule has 1 aromatic carbocycles. The first kappa shape index (κ1) is 16.2. The Kier molecular flexibility index (Phi) is 4.04. The first-order valence-electron chi connectivity index (χ1n) is 8.36. The summed E-state index contributed by atoms with van der Waals surface area (Å²) in [5.41, 5.74) is 3.44. The van der Waals surface area contributed by atoms with Gasteiger partial charge in [-0.25, -0.2) is 9.78 Å². The number of aromatic nitrogens is 1. The van der Waals surface area contributed by atoms with Gasteiger partial charge in [0, 0.05) is 17.7 Å². The summed E-state index contributed by atoms with van der Waals surface area (Å²) in [5, 5.41) is 4.00. The second-order valence-electron chi connectivity index (χ2n) is 6.61. The van der Waals surface area contributed by atoms with E-state index in [0.717, 1.165) is 42.9 Å². The van der Waals surface area contributed by atoms with E-state index in [-0.39, 0.29) is 11.4 Å². The van der Waals surface area contributed by atoms with Gasteiger partial charge >= 0.3 is 5.97 Å². The van der Waals surface area contributed by atoms with Gasteiger partial charge in [-0.05, 0) is 49.1 Å². The number of esters is 1. The highest BCUT2D eigenvalue weighted by molar-refractivity contribution is 6.29. The van der Waals surface area contributed by atoms with Gasteiger partial charge < -0.3 is 14.8 Å². The highest BCUT2D eigenvalue weighted by atomic mass is 35.5. The number of fused-ring (bicyclic) bond motifs is 3. The molecule has 0 unspecified atom stereocenters. The lowest BCUT2D eigenvalue weighted by atomic mass is 9.72. The highest BCUT2D eigenvalue weighted by Gasteiger charge is 2.40. The molecule has 1 spiro atoms. The van der Waals surface area contributed by atoms with Crippen molar-refractivity contribution >= 4 is 23.3 Å². The molecule has 4 rings (SSSR count). The lowest BCUT2D eigenvalue weighted by Gasteiger charge is -2.37. The van der Waals surface area contributed by atoms with Crippen LogP contribution in [0.5, 0.6) is 5.75 Å². The molecule has 2 aromatic rings. The summed E-state index contributed by atoms with van der Waals surface area (Å²) < 4.78 is 10.9. The van der Waals surface area contributed by atoms with Crippen LogP contribution in [0.25, 0.3) is 0 Å². The van der Waals surface area contributed by atoms with Crippen LogP contribution in [0, 0.1) is 0 Å². The molecule has 0 saturated carbocycles. The number of benzene rings is 1. The lowest BCUT2D eigenvalue weighted by molar-refractivity contribution is 0.0600. The number of hydrogen-bond acceptors (Lipinski definition) is 5. The van der Waals surface area contributed by atoms with Gasteiger partial charge in [0.25, 0.3) is 0 Å². The van der Waals surface area contributed by atoms with E-state index in [9.17, 15) is 4.79 Å². The zero-order valence-electron chi connectivity index (χ0n) is 14.0. The summed E-state index contributed by atoms with van der Waals surface area (Å²) in [7, 11) is 1.38. The first-order valence-corrected chi connectivity index (χ1v) is 8.74. The summed E-state index contributed by atoms with van der Waals surface area (Å²) in [6, 6.07) is 9.24. The number of anilines is 1. The van der Waals surface area contributed by atoms with Gasteiger partial charge in [0.1, 0.15) is 10.9 Å². The van der Waals surface area contributed by atoms with Crippen LogP contribution in [0.2, 0.25) is 5.15 Å². The van der Waals surface area contributed by atoms with E-state index in [2.05, 4.69) is 16.4 Å². The molecule has 1 atom stereocenters. The molecule has 2 aliphatic rings. The van der Waals surface area contributed by atoms with E-state index in [0.29, 0.717) is 17.3 Å². The van der Waals surface area contributed by atoms with Gasteiger partial charge in [0.15, 0.2) is 0 Å². The van der Waals surface area contributed by atoms with Crippen LogP contribution in [0.1, 0.15) is 34.5 Å². The Balaban J connectivity index is 1.68. The van der Waals surface area contributed by atoms with Crippen LogP contribution in [0.3, 0.4) is 0 Å². The van der Waals surface area contributed by atoms with Crippen molar-refractivity contribution in [2.75, 3.05) is 25.6 Å². The molecule has 0 amide bonds. The Labute approximate surface area is 151 Å². The summed E-state index contributed by atoms with van der Waals surface area (Å²) in [6.45, 7) is 1.29. The second-order valence-corrected chi connectivity index (χ2v) is 6.99. The molecule has 1 aromatic heterocycles. The predicted molar refractivity (Wildman–Crippen MR) is 95.6 cm³/mol. The maximum atomic E-state index is 11.8. The number of halogens is 1. The molecule has 0 fully saturated rings. The fraction of sp³-hybridized carbons (Fsp3) is 0.368. The fourth-order valence-corrected chi connectivity index (χ4v) is 3.95. The van der Waals surface area contributed by atoms with Crippen molar-refractivity contribution in [3.05, 3.63) is 52.3 Å². The van der Waals surface area contributed by atoms with E-state index >= 15 is 0 Å². The number of carbonyl (C=O) groups is 1. The van der Waals surface area contributed by atoms with Crippen molar-refractivity contribution in [3.63, 3.8) is 0 Å². The number of ether oxygens (including phenoxy) is 2. The highest BCUT2D eigenvalue weighted by Crippen LogP contribution is 2.41. The summed E-state index contributed by atoms with van der Waals surface area (Å²) >= 11 is 6.07. The maximum Gasteiger partial charge on any atom is 0.337 e. The smallest absolute Gasteiger partial charge is 0.337 e. The van der Waals surface area contributed by atoms with Crippen molar-refractivity contribution in [2.24, 2.45) is 0 Å². The van der Waals surface area contributed by atoms with Crippen molar-refractivity contribution < 1.29 is 14.3 Å². The van der Waals surface area contributed by atoms with Crippen molar-refractivity contribution in [1.82, 2.24) is 4.98 Å². The molecule has 0 saturated heterocycles. The quantitative estimate of drug-likeness (QED) is 0.623. The summed E-state index contributed by atoms with van der Waals surface area (Å²) in [4.78, 5) is 16.3. The normalized spacial score (nSPS) is 21.4. The van der Waals surface area contributed by atoms with Crippen LogP contribution in [-0.4, -0.2) is 31.2 Å². The van der Waals surface area contributed by atoms with Gasteiger partial charge in [-0.1, -0.05) is 17.7 Å². The molecular formula is C19H19ClN2O3. The average molecular weight is 359 g/mol. The number of hydrogen-bond donors (Lipinski definition) is 1. The minimum Gasteiger partial charge on any atom is -0.490 e. The third kappa shape index (κ3) is 2.82. The molecule has 0 radical (unpaired) electrons. The van der Waals surface area contributed by atoms with Gasteiger partial charge in [0.05, 0.1) is 25.0 Å². The van der Waals surface area contributed by atoms with Gasteiger partial charge in [-0.15, -0.1) is 0 Å². The topological polar surface area (TPSA) is 60.5 Å². The number of rotatable bonds is 1. The van der Waals surface area contributed by atoms with Gasteiger partial charge in [-0.2, -0.15) is 0 Å². The third-order valence-corrected chi connectivity index (χ3v) is 5.31. The Morgan fingerprint density at radius 3 is 3.08 bits per heavy atom. The molecule has 25 heavy (non-hydrogen) atoms. The minimum absolute atomic E-state index is 0.143. The van der Waals surface area contributed by atoms with Crippen LogP contribution in [0.4, 0.5) is 5.69 Å².